The summed E-state index contributed by atoms with van der Waals surface area (Å²) < 4.78 is 10.8. The number of amides is 1. The second-order valence-electron chi connectivity index (χ2n) is 6.09. The number of hydrogen-bond acceptors (Lipinski definition) is 4. The van der Waals surface area contributed by atoms with E-state index in [2.05, 4.69) is 0 Å². The van der Waals surface area contributed by atoms with Crippen LogP contribution in [0.1, 0.15) is 19.4 Å². The maximum atomic E-state index is 12.4. The van der Waals surface area contributed by atoms with Crippen LogP contribution in [0.25, 0.3) is 0 Å². The van der Waals surface area contributed by atoms with E-state index in [4.69, 9.17) is 32.7 Å². The zero-order chi connectivity index (χ0) is 20.0. The third kappa shape index (κ3) is 6.15. The van der Waals surface area contributed by atoms with E-state index in [1.165, 1.54) is 24.8 Å². The van der Waals surface area contributed by atoms with Gasteiger partial charge in [-0.1, -0.05) is 53.5 Å². The molecule has 0 heterocycles. The summed E-state index contributed by atoms with van der Waals surface area (Å²) in [6.07, 6.45) is -1.86. The van der Waals surface area contributed by atoms with Gasteiger partial charge in [0.2, 0.25) is 0 Å². The molecule has 0 aromatic heterocycles. The van der Waals surface area contributed by atoms with Gasteiger partial charge in [0, 0.05) is 18.6 Å². The van der Waals surface area contributed by atoms with Gasteiger partial charge in [-0.3, -0.25) is 4.79 Å². The van der Waals surface area contributed by atoms with E-state index in [1.54, 1.807) is 19.2 Å². The van der Waals surface area contributed by atoms with E-state index in [1.807, 2.05) is 30.3 Å². The number of carbonyl (C=O) groups excluding carboxylic acids is 2. The highest BCUT2D eigenvalue weighted by Crippen LogP contribution is 2.28. The first-order valence-electron chi connectivity index (χ1n) is 8.39. The molecule has 2 aromatic rings. The third-order valence-corrected chi connectivity index (χ3v) is 4.34. The summed E-state index contributed by atoms with van der Waals surface area (Å²) in [5, 5.41) is 0.747. The number of carbonyl (C=O) groups is 2. The SMILES string of the molecule is C[C@H](Oc1ccc(Cl)cc1Cl)C(=O)O[C@@H](C)C(=O)N(C)Cc1ccccc1. The van der Waals surface area contributed by atoms with Crippen LogP contribution < -0.4 is 4.74 Å². The van der Waals surface area contributed by atoms with Crippen molar-refractivity contribution in [2.45, 2.75) is 32.6 Å². The Labute approximate surface area is 168 Å². The quantitative estimate of drug-likeness (QED) is 0.637. The normalized spacial score (nSPS) is 12.8. The molecular formula is C20H21Cl2NO4. The van der Waals surface area contributed by atoms with Crippen LogP contribution in [0.2, 0.25) is 10.0 Å². The summed E-state index contributed by atoms with van der Waals surface area (Å²) in [6, 6.07) is 14.2. The van der Waals surface area contributed by atoms with Crippen molar-refractivity contribution in [1.82, 2.24) is 4.90 Å². The number of esters is 1. The van der Waals surface area contributed by atoms with Crippen LogP contribution in [0.15, 0.2) is 48.5 Å². The molecule has 0 aliphatic rings. The van der Waals surface area contributed by atoms with Crippen LogP contribution in [0.4, 0.5) is 0 Å². The molecule has 0 aliphatic carbocycles. The molecule has 1 amide bonds. The topological polar surface area (TPSA) is 55.8 Å². The minimum atomic E-state index is -0.932. The number of rotatable bonds is 7. The van der Waals surface area contributed by atoms with E-state index >= 15 is 0 Å². The summed E-state index contributed by atoms with van der Waals surface area (Å²) in [7, 11) is 1.66. The van der Waals surface area contributed by atoms with E-state index in [0.717, 1.165) is 5.56 Å². The minimum absolute atomic E-state index is 0.286. The van der Waals surface area contributed by atoms with Gasteiger partial charge in [-0.2, -0.15) is 0 Å². The summed E-state index contributed by atoms with van der Waals surface area (Å²) in [5.74, 6) is -0.649. The van der Waals surface area contributed by atoms with E-state index in [9.17, 15) is 9.59 Å². The van der Waals surface area contributed by atoms with Gasteiger partial charge in [0.05, 0.1) is 5.02 Å². The van der Waals surface area contributed by atoms with Crippen LogP contribution in [0, 0.1) is 0 Å². The molecule has 27 heavy (non-hydrogen) atoms. The number of nitrogens with zero attached hydrogens (tertiary/aromatic N) is 1. The van der Waals surface area contributed by atoms with Crippen molar-refractivity contribution in [3.63, 3.8) is 0 Å². The molecule has 0 saturated carbocycles. The zero-order valence-electron chi connectivity index (χ0n) is 15.3. The monoisotopic (exact) mass is 409 g/mol. The molecular weight excluding hydrogens is 389 g/mol. The van der Waals surface area contributed by atoms with E-state index < -0.39 is 18.2 Å². The summed E-state index contributed by atoms with van der Waals surface area (Å²) in [6.45, 7) is 3.48. The number of hydrogen-bond donors (Lipinski definition) is 0. The lowest BCUT2D eigenvalue weighted by Crippen LogP contribution is -2.39. The van der Waals surface area contributed by atoms with Gasteiger partial charge in [-0.15, -0.1) is 0 Å². The first-order chi connectivity index (χ1) is 12.8. The number of benzene rings is 2. The average Bonchev–Trinajstić information content (AvgIpc) is 2.63. The zero-order valence-corrected chi connectivity index (χ0v) is 16.8. The second-order valence-corrected chi connectivity index (χ2v) is 6.94. The third-order valence-electron chi connectivity index (χ3n) is 3.81. The molecule has 5 nitrogen and oxygen atoms in total. The Morgan fingerprint density at radius 3 is 2.33 bits per heavy atom. The molecule has 144 valence electrons. The fourth-order valence-corrected chi connectivity index (χ4v) is 2.83. The first kappa shape index (κ1) is 21.1. The van der Waals surface area contributed by atoms with Crippen molar-refractivity contribution in [2.75, 3.05) is 7.05 Å². The Morgan fingerprint density at radius 1 is 1.04 bits per heavy atom. The Morgan fingerprint density at radius 2 is 1.70 bits per heavy atom. The highest BCUT2D eigenvalue weighted by molar-refractivity contribution is 6.35. The average molecular weight is 410 g/mol. The van der Waals surface area contributed by atoms with Crippen molar-refractivity contribution in [2.24, 2.45) is 0 Å². The maximum absolute atomic E-state index is 12.4. The molecule has 2 rings (SSSR count). The molecule has 0 bridgehead atoms. The van der Waals surface area contributed by atoms with Crippen molar-refractivity contribution in [3.8, 4) is 5.75 Å². The van der Waals surface area contributed by atoms with E-state index in [0.29, 0.717) is 17.3 Å². The highest BCUT2D eigenvalue weighted by Gasteiger charge is 2.25. The molecule has 2 aromatic carbocycles. The van der Waals surface area contributed by atoms with Crippen LogP contribution in [0.5, 0.6) is 5.75 Å². The minimum Gasteiger partial charge on any atom is -0.477 e. The Bertz CT molecular complexity index is 798. The summed E-state index contributed by atoms with van der Waals surface area (Å²) >= 11 is 11.9. The smallest absolute Gasteiger partial charge is 0.347 e. The number of ether oxygens (including phenoxy) is 2. The lowest BCUT2D eigenvalue weighted by molar-refractivity contribution is -0.164. The lowest BCUT2D eigenvalue weighted by atomic mass is 10.2. The molecule has 0 fully saturated rings. The van der Waals surface area contributed by atoms with Gasteiger partial charge in [-0.25, -0.2) is 4.79 Å². The maximum Gasteiger partial charge on any atom is 0.347 e. The molecule has 0 saturated heterocycles. The second kappa shape index (κ2) is 9.62. The Balaban J connectivity index is 1.90. The Hall–Kier alpha value is -2.24. The fourth-order valence-electron chi connectivity index (χ4n) is 2.38. The van der Waals surface area contributed by atoms with Gasteiger partial charge in [-0.05, 0) is 37.6 Å². The van der Waals surface area contributed by atoms with Crippen LogP contribution in [-0.4, -0.2) is 36.0 Å². The Kier molecular flexibility index (Phi) is 7.51. The fraction of sp³-hybridized carbons (Fsp3) is 0.300. The van der Waals surface area contributed by atoms with Crippen molar-refractivity contribution >= 4 is 35.1 Å². The van der Waals surface area contributed by atoms with Crippen molar-refractivity contribution < 1.29 is 19.1 Å². The molecule has 0 unspecified atom stereocenters. The molecule has 0 aliphatic heterocycles. The largest absolute Gasteiger partial charge is 0.477 e. The van der Waals surface area contributed by atoms with Gasteiger partial charge in [0.25, 0.3) is 5.91 Å². The molecule has 0 spiro atoms. The van der Waals surface area contributed by atoms with Crippen molar-refractivity contribution in [1.29, 1.82) is 0 Å². The molecule has 7 heteroatoms. The molecule has 2 atom stereocenters. The van der Waals surface area contributed by atoms with Crippen LogP contribution in [-0.2, 0) is 20.9 Å². The van der Waals surface area contributed by atoms with Gasteiger partial charge in [0.15, 0.2) is 12.2 Å². The number of halogens is 2. The van der Waals surface area contributed by atoms with E-state index in [-0.39, 0.29) is 10.9 Å². The van der Waals surface area contributed by atoms with Crippen molar-refractivity contribution in [3.05, 3.63) is 64.1 Å². The number of likely N-dealkylation sites (N-methyl/N-ethyl adjacent to an activating group) is 1. The first-order valence-corrected chi connectivity index (χ1v) is 9.14. The molecule has 0 radical (unpaired) electrons. The predicted octanol–water partition coefficient (Wildman–Crippen LogP) is 4.35. The van der Waals surface area contributed by atoms with Gasteiger partial charge >= 0.3 is 5.97 Å². The molecule has 0 N–H and O–H groups in total. The summed E-state index contributed by atoms with van der Waals surface area (Å²) in [4.78, 5) is 26.2. The predicted molar refractivity (Wildman–Crippen MR) is 105 cm³/mol. The van der Waals surface area contributed by atoms with Crippen LogP contribution in [0.3, 0.4) is 0 Å². The lowest BCUT2D eigenvalue weighted by Gasteiger charge is -2.23. The van der Waals surface area contributed by atoms with Crippen LogP contribution >= 0.6 is 23.2 Å². The van der Waals surface area contributed by atoms with Gasteiger partial charge < -0.3 is 14.4 Å². The summed E-state index contributed by atoms with van der Waals surface area (Å²) in [5.41, 5.74) is 0.987. The standard InChI is InChI=1S/C20H21Cl2NO4/c1-13(19(24)23(3)12-15-7-5-4-6-8-15)27-20(25)14(2)26-18-10-9-16(21)11-17(18)22/h4-11,13-14H,12H2,1-3H3/t13-,14-/m0/s1. The highest BCUT2D eigenvalue weighted by atomic mass is 35.5. The van der Waals surface area contributed by atoms with Gasteiger partial charge in [0.1, 0.15) is 5.75 Å².